The monoisotopic (exact) mass is 152 g/mol. The second-order valence-corrected chi connectivity index (χ2v) is 2.39. The van der Waals surface area contributed by atoms with E-state index in [2.05, 4.69) is 0 Å². The molecule has 0 fully saturated rings. The van der Waals surface area contributed by atoms with Crippen molar-refractivity contribution >= 4 is 11.9 Å². The number of hydrogen-bond acceptors (Lipinski definition) is 2. The molecule has 0 aliphatic rings. The highest BCUT2D eigenvalue weighted by Gasteiger charge is 2.02. The third-order valence-electron chi connectivity index (χ3n) is 1.46. The van der Waals surface area contributed by atoms with E-state index in [1.807, 2.05) is 0 Å². The van der Waals surface area contributed by atoms with E-state index in [1.165, 1.54) is 6.07 Å². The molecule has 3 heteroatoms. The Labute approximate surface area is 64.4 Å². The zero-order valence-corrected chi connectivity index (χ0v) is 6.19. The molecule has 58 valence electrons. The minimum atomic E-state index is -0.455. The Hall–Kier alpha value is -1.38. The van der Waals surface area contributed by atoms with E-state index in [4.69, 9.17) is 11.1 Å². The molecule has 1 aromatic carbocycles. The first-order valence-electron chi connectivity index (χ1n) is 3.21. The first-order chi connectivity index (χ1) is 5.15. The number of rotatable bonds is 1. The molecule has 0 radical (unpaired) electrons. The van der Waals surface area contributed by atoms with E-state index in [9.17, 15) is 4.39 Å². The fourth-order valence-corrected chi connectivity index (χ4v) is 0.900. The lowest BCUT2D eigenvalue weighted by molar-refractivity contribution is 0.631. The molecule has 1 aromatic rings. The predicted octanol–water partition coefficient (Wildman–Crippen LogP) is 1.71. The first kappa shape index (κ1) is 7.72. The van der Waals surface area contributed by atoms with Gasteiger partial charge in [-0.2, -0.15) is 0 Å². The van der Waals surface area contributed by atoms with Crippen molar-refractivity contribution in [1.29, 1.82) is 5.41 Å². The number of nitrogens with one attached hydrogen (secondary N) is 1. The van der Waals surface area contributed by atoms with Gasteiger partial charge in [0.1, 0.15) is 5.82 Å². The number of nitrogen functional groups attached to an aromatic ring is 1. The van der Waals surface area contributed by atoms with Crippen molar-refractivity contribution in [3.63, 3.8) is 0 Å². The number of nitrogens with two attached hydrogens (primary N) is 1. The molecule has 0 aliphatic carbocycles. The second-order valence-electron chi connectivity index (χ2n) is 2.39. The van der Waals surface area contributed by atoms with Gasteiger partial charge in [0, 0.05) is 11.8 Å². The maximum atomic E-state index is 12.8. The summed E-state index contributed by atoms with van der Waals surface area (Å²) in [6, 6.07) is 3.02. The molecule has 0 atom stereocenters. The lowest BCUT2D eigenvalue weighted by Crippen LogP contribution is -1.97. The molecule has 0 aromatic heterocycles. The van der Waals surface area contributed by atoms with Crippen molar-refractivity contribution < 1.29 is 4.39 Å². The minimum Gasteiger partial charge on any atom is -0.396 e. The van der Waals surface area contributed by atoms with Crippen LogP contribution in [0.5, 0.6) is 0 Å². The van der Waals surface area contributed by atoms with Crippen LogP contribution in [0.4, 0.5) is 10.1 Å². The maximum absolute atomic E-state index is 12.8. The molecular weight excluding hydrogens is 143 g/mol. The Bertz CT molecular complexity index is 294. The van der Waals surface area contributed by atoms with Gasteiger partial charge >= 0.3 is 0 Å². The van der Waals surface area contributed by atoms with Gasteiger partial charge in [-0.3, -0.25) is 0 Å². The molecule has 0 heterocycles. The lowest BCUT2D eigenvalue weighted by Gasteiger charge is -2.01. The van der Waals surface area contributed by atoms with Crippen LogP contribution in [-0.4, -0.2) is 6.21 Å². The van der Waals surface area contributed by atoms with Crippen molar-refractivity contribution in [2.45, 2.75) is 6.92 Å². The van der Waals surface area contributed by atoms with Crippen molar-refractivity contribution in [3.05, 3.63) is 29.1 Å². The van der Waals surface area contributed by atoms with E-state index in [0.29, 0.717) is 5.56 Å². The normalized spacial score (nSPS) is 9.64. The molecule has 0 amide bonds. The number of hydrogen-bond donors (Lipinski definition) is 2. The van der Waals surface area contributed by atoms with Crippen molar-refractivity contribution in [1.82, 2.24) is 0 Å². The molecule has 0 saturated heterocycles. The Morgan fingerprint density at radius 3 is 2.73 bits per heavy atom. The third kappa shape index (κ3) is 1.37. The maximum Gasteiger partial charge on any atom is 0.147 e. The quantitative estimate of drug-likeness (QED) is 0.467. The van der Waals surface area contributed by atoms with Gasteiger partial charge in [-0.1, -0.05) is 0 Å². The number of halogens is 1. The van der Waals surface area contributed by atoms with Crippen molar-refractivity contribution in [2.24, 2.45) is 0 Å². The first-order valence-corrected chi connectivity index (χ1v) is 3.21. The predicted molar refractivity (Wildman–Crippen MR) is 43.4 cm³/mol. The van der Waals surface area contributed by atoms with Crippen molar-refractivity contribution in [2.75, 3.05) is 5.73 Å². The molecule has 0 spiro atoms. The van der Waals surface area contributed by atoms with Crippen LogP contribution >= 0.6 is 0 Å². The summed E-state index contributed by atoms with van der Waals surface area (Å²) in [4.78, 5) is 0. The zero-order chi connectivity index (χ0) is 8.43. The average molecular weight is 152 g/mol. The summed E-state index contributed by atoms with van der Waals surface area (Å²) in [6.07, 6.45) is 1.05. The molecular formula is C8H9FN2. The topological polar surface area (TPSA) is 49.9 Å². The van der Waals surface area contributed by atoms with E-state index >= 15 is 0 Å². The molecule has 2 nitrogen and oxygen atoms in total. The van der Waals surface area contributed by atoms with Gasteiger partial charge in [0.25, 0.3) is 0 Å². The van der Waals surface area contributed by atoms with Crippen LogP contribution in [0.1, 0.15) is 11.1 Å². The van der Waals surface area contributed by atoms with E-state index in [1.54, 1.807) is 13.0 Å². The van der Waals surface area contributed by atoms with E-state index in [0.717, 1.165) is 11.8 Å². The van der Waals surface area contributed by atoms with Crippen LogP contribution in [0.25, 0.3) is 0 Å². The van der Waals surface area contributed by atoms with Crippen LogP contribution in [0, 0.1) is 18.2 Å². The third-order valence-corrected chi connectivity index (χ3v) is 1.46. The highest BCUT2D eigenvalue weighted by molar-refractivity contribution is 5.85. The van der Waals surface area contributed by atoms with Gasteiger partial charge in [-0.15, -0.1) is 0 Å². The Kier molecular flexibility index (Phi) is 1.89. The fraction of sp³-hybridized carbons (Fsp3) is 0.125. The highest BCUT2D eigenvalue weighted by atomic mass is 19.1. The molecule has 0 aliphatic heterocycles. The van der Waals surface area contributed by atoms with Crippen molar-refractivity contribution in [3.8, 4) is 0 Å². The van der Waals surface area contributed by atoms with Gasteiger partial charge in [0.2, 0.25) is 0 Å². The van der Waals surface area contributed by atoms with Gasteiger partial charge in [-0.25, -0.2) is 4.39 Å². The lowest BCUT2D eigenvalue weighted by atomic mass is 10.1. The van der Waals surface area contributed by atoms with Gasteiger partial charge < -0.3 is 11.1 Å². The largest absolute Gasteiger partial charge is 0.396 e. The van der Waals surface area contributed by atoms with Gasteiger partial charge in [-0.05, 0) is 24.6 Å². The Morgan fingerprint density at radius 2 is 2.18 bits per heavy atom. The number of benzene rings is 1. The highest BCUT2D eigenvalue weighted by Crippen LogP contribution is 2.16. The fourth-order valence-electron chi connectivity index (χ4n) is 0.900. The molecule has 0 saturated carbocycles. The SMILES string of the molecule is Cc1cc(F)c(N)c(C=N)c1. The smallest absolute Gasteiger partial charge is 0.147 e. The minimum absolute atomic E-state index is 0.0469. The summed E-state index contributed by atoms with van der Waals surface area (Å²) in [5.74, 6) is -0.455. The molecule has 0 unspecified atom stereocenters. The van der Waals surface area contributed by atoms with Gasteiger partial charge in [0.15, 0.2) is 0 Å². The average Bonchev–Trinajstić information content (AvgIpc) is 1.96. The summed E-state index contributed by atoms with van der Waals surface area (Å²) in [7, 11) is 0. The van der Waals surface area contributed by atoms with Crippen LogP contribution < -0.4 is 5.73 Å². The zero-order valence-electron chi connectivity index (χ0n) is 6.19. The van der Waals surface area contributed by atoms with Gasteiger partial charge in [0.05, 0.1) is 5.69 Å². The van der Waals surface area contributed by atoms with Crippen LogP contribution in [0.15, 0.2) is 12.1 Å². The van der Waals surface area contributed by atoms with E-state index < -0.39 is 5.82 Å². The standard InChI is InChI=1S/C8H9FN2/c1-5-2-6(4-10)8(11)7(9)3-5/h2-4,10H,11H2,1H3. The number of aryl methyl sites for hydroxylation is 1. The summed E-state index contributed by atoms with van der Waals surface area (Å²) < 4.78 is 12.8. The summed E-state index contributed by atoms with van der Waals surface area (Å²) in [6.45, 7) is 1.76. The second kappa shape index (κ2) is 2.70. The number of anilines is 1. The summed E-state index contributed by atoms with van der Waals surface area (Å²) in [5.41, 5.74) is 6.59. The Morgan fingerprint density at radius 1 is 1.55 bits per heavy atom. The molecule has 1 rings (SSSR count). The summed E-state index contributed by atoms with van der Waals surface area (Å²) >= 11 is 0. The Balaban J connectivity index is 3.35. The van der Waals surface area contributed by atoms with Crippen LogP contribution in [0.2, 0.25) is 0 Å². The molecule has 3 N–H and O–H groups in total. The summed E-state index contributed by atoms with van der Waals surface area (Å²) in [5, 5.41) is 6.91. The van der Waals surface area contributed by atoms with Crippen LogP contribution in [0.3, 0.4) is 0 Å². The van der Waals surface area contributed by atoms with Crippen LogP contribution in [-0.2, 0) is 0 Å². The molecule has 11 heavy (non-hydrogen) atoms. The van der Waals surface area contributed by atoms with E-state index in [-0.39, 0.29) is 5.69 Å². The molecule has 0 bridgehead atoms.